The number of amides is 1. The summed E-state index contributed by atoms with van der Waals surface area (Å²) in [6.45, 7) is 2.60. The van der Waals surface area contributed by atoms with Crippen LogP contribution in [0, 0.1) is 12.8 Å². The lowest BCUT2D eigenvalue weighted by Crippen LogP contribution is -2.45. The number of nitrogens with zero attached hydrogens (tertiary/aromatic N) is 3. The second kappa shape index (κ2) is 10.0. The minimum absolute atomic E-state index is 0.0331. The molecule has 0 radical (unpaired) electrons. The number of sulfonamides is 1. The van der Waals surface area contributed by atoms with Crippen LogP contribution < -0.4 is 5.32 Å². The van der Waals surface area contributed by atoms with E-state index in [1.54, 1.807) is 13.0 Å². The lowest BCUT2D eigenvalue weighted by Gasteiger charge is -2.31. The van der Waals surface area contributed by atoms with Crippen LogP contribution in [0.15, 0.2) is 57.9 Å². The molecule has 33 heavy (non-hydrogen) atoms. The van der Waals surface area contributed by atoms with Crippen LogP contribution in [-0.4, -0.2) is 48.4 Å². The molecule has 1 aliphatic heterocycles. The molecule has 8 nitrogen and oxygen atoms in total. The van der Waals surface area contributed by atoms with Gasteiger partial charge in [-0.05, 0) is 43.0 Å². The molecule has 2 aromatic carbocycles. The van der Waals surface area contributed by atoms with Gasteiger partial charge in [0.15, 0.2) is 0 Å². The number of rotatable bonds is 7. The highest BCUT2D eigenvalue weighted by molar-refractivity contribution is 7.89. The Bertz CT molecular complexity index is 1230. The molecule has 2 heterocycles. The van der Waals surface area contributed by atoms with Crippen LogP contribution in [0.4, 0.5) is 0 Å². The number of aryl methyl sites for hydroxylation is 1. The smallest absolute Gasteiger partial charge is 0.244 e. The number of carbonyl (C=O) groups excluding carboxylic acids is 1. The van der Waals surface area contributed by atoms with Gasteiger partial charge in [0.1, 0.15) is 4.90 Å². The molecule has 1 N–H and O–H groups in total. The van der Waals surface area contributed by atoms with E-state index in [2.05, 4.69) is 15.5 Å². The van der Waals surface area contributed by atoms with Crippen LogP contribution in [-0.2, 0) is 21.2 Å². The fraction of sp³-hybridized carbons (Fsp3) is 0.348. The quantitative estimate of drug-likeness (QED) is 0.546. The maximum absolute atomic E-state index is 13.4. The second-order valence-corrected chi connectivity index (χ2v) is 10.3. The zero-order valence-corrected chi connectivity index (χ0v) is 19.8. The molecule has 0 aliphatic carbocycles. The molecule has 0 unspecified atom stereocenters. The SMILES string of the molecule is Cc1nc(-c2ccc(Cl)c(S(=O)(=O)N3CCC[C@H](C(=O)NCCc4ccccc4)C3)c2)no1. The predicted octanol–water partition coefficient (Wildman–Crippen LogP) is 3.46. The number of aromatic nitrogens is 2. The molecule has 1 atom stereocenters. The van der Waals surface area contributed by atoms with E-state index in [0.29, 0.717) is 37.4 Å². The Hall–Kier alpha value is -2.75. The fourth-order valence-corrected chi connectivity index (χ4v) is 5.91. The summed E-state index contributed by atoms with van der Waals surface area (Å²) >= 11 is 6.27. The molecule has 1 aromatic heterocycles. The summed E-state index contributed by atoms with van der Waals surface area (Å²) in [5.74, 6) is 0.121. The number of halogens is 1. The van der Waals surface area contributed by atoms with E-state index in [4.69, 9.17) is 16.1 Å². The van der Waals surface area contributed by atoms with E-state index in [1.807, 2.05) is 30.3 Å². The molecular formula is C23H25ClN4O4S. The Labute approximate surface area is 198 Å². The number of carbonyl (C=O) groups is 1. The van der Waals surface area contributed by atoms with Gasteiger partial charge in [-0.15, -0.1) is 0 Å². The largest absolute Gasteiger partial charge is 0.355 e. The van der Waals surface area contributed by atoms with Crippen LogP contribution in [0.5, 0.6) is 0 Å². The lowest BCUT2D eigenvalue weighted by molar-refractivity contribution is -0.126. The zero-order chi connectivity index (χ0) is 23.4. The molecule has 0 saturated carbocycles. The van der Waals surface area contributed by atoms with Gasteiger partial charge in [0.2, 0.25) is 27.6 Å². The molecule has 10 heteroatoms. The summed E-state index contributed by atoms with van der Waals surface area (Å²) in [5, 5.41) is 6.89. The average Bonchev–Trinajstić information content (AvgIpc) is 3.26. The van der Waals surface area contributed by atoms with Gasteiger partial charge in [-0.3, -0.25) is 4.79 Å². The Kier molecular flexibility index (Phi) is 7.11. The summed E-state index contributed by atoms with van der Waals surface area (Å²) in [4.78, 5) is 16.8. The molecule has 0 bridgehead atoms. The fourth-order valence-electron chi connectivity index (χ4n) is 3.89. The van der Waals surface area contributed by atoms with Gasteiger partial charge >= 0.3 is 0 Å². The Morgan fingerprint density at radius 1 is 1.24 bits per heavy atom. The third-order valence-electron chi connectivity index (χ3n) is 5.65. The van der Waals surface area contributed by atoms with Crippen molar-refractivity contribution in [1.29, 1.82) is 0 Å². The topological polar surface area (TPSA) is 105 Å². The van der Waals surface area contributed by atoms with Crippen molar-refractivity contribution in [2.24, 2.45) is 5.92 Å². The first kappa shape index (κ1) is 23.4. The van der Waals surface area contributed by atoms with Crippen molar-refractivity contribution in [2.45, 2.75) is 31.1 Å². The van der Waals surface area contributed by atoms with Crippen molar-refractivity contribution >= 4 is 27.5 Å². The highest BCUT2D eigenvalue weighted by Gasteiger charge is 2.34. The Morgan fingerprint density at radius 3 is 2.76 bits per heavy atom. The predicted molar refractivity (Wildman–Crippen MR) is 124 cm³/mol. The van der Waals surface area contributed by atoms with Crippen LogP contribution >= 0.6 is 11.6 Å². The molecule has 1 amide bonds. The van der Waals surface area contributed by atoms with Crippen molar-refractivity contribution < 1.29 is 17.7 Å². The van der Waals surface area contributed by atoms with Crippen molar-refractivity contribution in [3.05, 3.63) is 65.0 Å². The third kappa shape index (κ3) is 5.43. The minimum Gasteiger partial charge on any atom is -0.355 e. The van der Waals surface area contributed by atoms with Gasteiger partial charge < -0.3 is 9.84 Å². The Morgan fingerprint density at radius 2 is 2.03 bits per heavy atom. The first-order valence-corrected chi connectivity index (χ1v) is 12.6. The van der Waals surface area contributed by atoms with E-state index in [0.717, 1.165) is 12.0 Å². The standard InChI is InChI=1S/C23H25ClN4O4S/c1-16-26-22(27-32-16)18-9-10-20(24)21(14-18)33(30,31)28-13-5-8-19(15-28)23(29)25-12-11-17-6-3-2-4-7-17/h2-4,6-7,9-10,14,19H,5,8,11-13,15H2,1H3,(H,25,29)/t19-/m0/s1. The van der Waals surface area contributed by atoms with Gasteiger partial charge in [0.25, 0.3) is 0 Å². The van der Waals surface area contributed by atoms with E-state index >= 15 is 0 Å². The minimum atomic E-state index is -3.91. The molecule has 4 rings (SSSR count). The molecule has 3 aromatic rings. The molecule has 174 valence electrons. The summed E-state index contributed by atoms with van der Waals surface area (Å²) in [6.07, 6.45) is 1.95. The van der Waals surface area contributed by atoms with Gasteiger partial charge in [-0.25, -0.2) is 8.42 Å². The second-order valence-electron chi connectivity index (χ2n) is 8.01. The van der Waals surface area contributed by atoms with Crippen molar-refractivity contribution in [3.63, 3.8) is 0 Å². The maximum atomic E-state index is 13.4. The number of hydrogen-bond donors (Lipinski definition) is 1. The molecule has 0 spiro atoms. The van der Waals surface area contributed by atoms with Gasteiger partial charge in [0.05, 0.1) is 10.9 Å². The van der Waals surface area contributed by atoms with Crippen LogP contribution in [0.25, 0.3) is 11.4 Å². The summed E-state index contributed by atoms with van der Waals surface area (Å²) in [6, 6.07) is 14.5. The highest BCUT2D eigenvalue weighted by Crippen LogP contribution is 2.31. The third-order valence-corrected chi connectivity index (χ3v) is 7.99. The zero-order valence-electron chi connectivity index (χ0n) is 18.2. The molecule has 1 aliphatic rings. The maximum Gasteiger partial charge on any atom is 0.244 e. The Balaban J connectivity index is 1.45. The van der Waals surface area contributed by atoms with Gasteiger partial charge in [-0.2, -0.15) is 9.29 Å². The molecule has 1 saturated heterocycles. The molecule has 1 fully saturated rings. The van der Waals surface area contributed by atoms with Crippen molar-refractivity contribution in [2.75, 3.05) is 19.6 Å². The van der Waals surface area contributed by atoms with Gasteiger partial charge in [-0.1, -0.05) is 47.1 Å². The first-order chi connectivity index (χ1) is 15.8. The average molecular weight is 489 g/mol. The van der Waals surface area contributed by atoms with Crippen LogP contribution in [0.1, 0.15) is 24.3 Å². The number of piperidine rings is 1. The lowest BCUT2D eigenvalue weighted by atomic mass is 9.99. The first-order valence-electron chi connectivity index (χ1n) is 10.8. The van der Waals surface area contributed by atoms with E-state index < -0.39 is 15.9 Å². The monoisotopic (exact) mass is 488 g/mol. The normalized spacial score (nSPS) is 17.1. The van der Waals surface area contributed by atoms with Crippen molar-refractivity contribution in [1.82, 2.24) is 19.8 Å². The highest BCUT2D eigenvalue weighted by atomic mass is 35.5. The van der Waals surface area contributed by atoms with Crippen molar-refractivity contribution in [3.8, 4) is 11.4 Å². The van der Waals surface area contributed by atoms with Gasteiger partial charge in [0, 0.05) is 32.1 Å². The number of benzene rings is 2. The van der Waals surface area contributed by atoms with Crippen LogP contribution in [0.2, 0.25) is 5.02 Å². The summed E-state index contributed by atoms with van der Waals surface area (Å²) < 4.78 is 33.2. The van der Waals surface area contributed by atoms with E-state index in [9.17, 15) is 13.2 Å². The number of hydrogen-bond acceptors (Lipinski definition) is 6. The van der Waals surface area contributed by atoms with E-state index in [-0.39, 0.29) is 28.2 Å². The number of nitrogens with one attached hydrogen (secondary N) is 1. The summed E-state index contributed by atoms with van der Waals surface area (Å²) in [7, 11) is -3.91. The van der Waals surface area contributed by atoms with Crippen LogP contribution in [0.3, 0.4) is 0 Å². The summed E-state index contributed by atoms with van der Waals surface area (Å²) in [5.41, 5.74) is 1.62. The van der Waals surface area contributed by atoms with E-state index in [1.165, 1.54) is 16.4 Å². The molecular weight excluding hydrogens is 464 g/mol.